The molecule has 1 aromatic carbocycles. The van der Waals surface area contributed by atoms with Gasteiger partial charge in [-0.15, -0.1) is 0 Å². The lowest BCUT2D eigenvalue weighted by atomic mass is 10.1. The van der Waals surface area contributed by atoms with Gasteiger partial charge >= 0.3 is 0 Å². The molecule has 114 valence electrons. The highest BCUT2D eigenvalue weighted by atomic mass is 15.3. The number of fused-ring (bicyclic) bond motifs is 1. The van der Waals surface area contributed by atoms with Crippen LogP contribution in [0.3, 0.4) is 0 Å². The summed E-state index contributed by atoms with van der Waals surface area (Å²) in [4.78, 5) is 8.95. The molecule has 0 aliphatic carbocycles. The molecule has 0 unspecified atom stereocenters. The molecule has 0 amide bonds. The first-order valence-electron chi connectivity index (χ1n) is 7.11. The number of nitrogens with two attached hydrogens (primary N) is 1. The van der Waals surface area contributed by atoms with Gasteiger partial charge in [0.05, 0.1) is 11.6 Å². The van der Waals surface area contributed by atoms with Crippen molar-refractivity contribution in [3.05, 3.63) is 42.1 Å². The molecule has 0 bridgehead atoms. The summed E-state index contributed by atoms with van der Waals surface area (Å²) >= 11 is 0. The van der Waals surface area contributed by atoms with E-state index >= 15 is 0 Å². The minimum atomic E-state index is -0.120. The van der Waals surface area contributed by atoms with Crippen molar-refractivity contribution in [1.82, 2.24) is 19.7 Å². The van der Waals surface area contributed by atoms with Gasteiger partial charge in [0.2, 0.25) is 5.95 Å². The van der Waals surface area contributed by atoms with Crippen molar-refractivity contribution >= 4 is 22.8 Å². The molecule has 0 saturated heterocycles. The summed E-state index contributed by atoms with van der Waals surface area (Å²) in [7, 11) is 3.68. The summed E-state index contributed by atoms with van der Waals surface area (Å²) in [5.41, 5.74) is 8.03. The fraction of sp³-hybridized carbons (Fsp3) is 0.267. The molecule has 0 fully saturated rings. The lowest BCUT2D eigenvalue weighted by Gasteiger charge is -2.13. The van der Waals surface area contributed by atoms with E-state index in [1.54, 1.807) is 10.9 Å². The van der Waals surface area contributed by atoms with Crippen LogP contribution in [0.4, 0.5) is 11.8 Å². The summed E-state index contributed by atoms with van der Waals surface area (Å²) < 4.78 is 1.72. The van der Waals surface area contributed by atoms with Gasteiger partial charge in [-0.05, 0) is 5.56 Å². The Labute approximate surface area is 128 Å². The second-order valence-corrected chi connectivity index (χ2v) is 5.05. The average molecular weight is 297 g/mol. The highest BCUT2D eigenvalue weighted by Gasteiger charge is 2.11. The maximum absolute atomic E-state index is 6.18. The van der Waals surface area contributed by atoms with Crippen LogP contribution in [0.1, 0.15) is 11.6 Å². The Hall–Kier alpha value is -2.67. The van der Waals surface area contributed by atoms with E-state index in [-0.39, 0.29) is 6.04 Å². The Kier molecular flexibility index (Phi) is 3.88. The van der Waals surface area contributed by atoms with Gasteiger partial charge < -0.3 is 16.4 Å². The van der Waals surface area contributed by atoms with Crippen LogP contribution in [-0.2, 0) is 7.05 Å². The number of nitrogens with one attached hydrogen (secondary N) is 2. The lowest BCUT2D eigenvalue weighted by Crippen LogP contribution is -2.21. The third kappa shape index (κ3) is 2.71. The summed E-state index contributed by atoms with van der Waals surface area (Å²) in [5, 5.41) is 11.4. The summed E-state index contributed by atoms with van der Waals surface area (Å²) in [6.07, 6.45) is 1.75. The van der Waals surface area contributed by atoms with Gasteiger partial charge in [-0.2, -0.15) is 15.1 Å². The van der Waals surface area contributed by atoms with Gasteiger partial charge in [-0.25, -0.2) is 0 Å². The zero-order chi connectivity index (χ0) is 15.5. The zero-order valence-electron chi connectivity index (χ0n) is 12.6. The molecule has 0 radical (unpaired) electrons. The minimum Gasteiger partial charge on any atom is -0.372 e. The number of hydrogen-bond donors (Lipinski definition) is 3. The van der Waals surface area contributed by atoms with E-state index in [4.69, 9.17) is 5.73 Å². The maximum Gasteiger partial charge on any atom is 0.226 e. The number of rotatable bonds is 5. The number of nitrogens with zero attached hydrogens (tertiary/aromatic N) is 4. The van der Waals surface area contributed by atoms with Crippen LogP contribution in [0.25, 0.3) is 11.0 Å². The van der Waals surface area contributed by atoms with Crippen molar-refractivity contribution in [3.63, 3.8) is 0 Å². The molecular formula is C15H19N7. The molecule has 0 saturated carbocycles. The van der Waals surface area contributed by atoms with Crippen molar-refractivity contribution in [1.29, 1.82) is 0 Å². The van der Waals surface area contributed by atoms with Crippen molar-refractivity contribution in [2.24, 2.45) is 12.8 Å². The fourth-order valence-corrected chi connectivity index (χ4v) is 2.31. The zero-order valence-corrected chi connectivity index (χ0v) is 12.6. The van der Waals surface area contributed by atoms with E-state index in [0.717, 1.165) is 22.4 Å². The quantitative estimate of drug-likeness (QED) is 0.661. The molecule has 1 atom stereocenters. The Morgan fingerprint density at radius 3 is 2.73 bits per heavy atom. The van der Waals surface area contributed by atoms with Gasteiger partial charge in [-0.1, -0.05) is 30.3 Å². The topological polar surface area (TPSA) is 93.7 Å². The van der Waals surface area contributed by atoms with Gasteiger partial charge in [0.25, 0.3) is 0 Å². The van der Waals surface area contributed by atoms with Crippen molar-refractivity contribution in [2.45, 2.75) is 6.04 Å². The fourth-order valence-electron chi connectivity index (χ4n) is 2.31. The largest absolute Gasteiger partial charge is 0.372 e. The maximum atomic E-state index is 6.18. The predicted molar refractivity (Wildman–Crippen MR) is 87.7 cm³/mol. The van der Waals surface area contributed by atoms with E-state index in [1.165, 1.54) is 0 Å². The Morgan fingerprint density at radius 1 is 1.23 bits per heavy atom. The van der Waals surface area contributed by atoms with Crippen molar-refractivity contribution in [3.8, 4) is 0 Å². The minimum absolute atomic E-state index is 0.120. The van der Waals surface area contributed by atoms with E-state index in [1.807, 2.05) is 44.4 Å². The highest BCUT2D eigenvalue weighted by molar-refractivity contribution is 5.87. The van der Waals surface area contributed by atoms with Crippen LogP contribution in [0.2, 0.25) is 0 Å². The first kappa shape index (κ1) is 14.3. The normalized spacial score (nSPS) is 12.3. The average Bonchev–Trinajstić information content (AvgIpc) is 2.94. The van der Waals surface area contributed by atoms with E-state index < -0.39 is 0 Å². The standard InChI is InChI=1S/C15H19N7/c1-17-13-11-8-19-22(2)14(11)21-15(20-13)18-9-12(16)10-6-4-3-5-7-10/h3-8,12H,9,16H2,1-2H3,(H2,17,18,20,21)/t12-/m0/s1. The molecular weight excluding hydrogens is 278 g/mol. The van der Waals surface area contributed by atoms with E-state index in [2.05, 4.69) is 25.7 Å². The highest BCUT2D eigenvalue weighted by Crippen LogP contribution is 2.21. The smallest absolute Gasteiger partial charge is 0.226 e. The SMILES string of the molecule is CNc1nc(NC[C@H](N)c2ccccc2)nc2c1cnn2C. The molecule has 22 heavy (non-hydrogen) atoms. The third-order valence-corrected chi connectivity index (χ3v) is 3.54. The first-order chi connectivity index (χ1) is 10.7. The molecule has 0 spiro atoms. The number of hydrogen-bond acceptors (Lipinski definition) is 6. The molecule has 7 nitrogen and oxygen atoms in total. The molecule has 2 heterocycles. The molecule has 0 aliphatic heterocycles. The Bertz CT molecular complexity index is 766. The van der Waals surface area contributed by atoms with Gasteiger partial charge in [0.15, 0.2) is 5.65 Å². The molecule has 3 aromatic rings. The van der Waals surface area contributed by atoms with Gasteiger partial charge in [-0.3, -0.25) is 4.68 Å². The second kappa shape index (κ2) is 5.98. The van der Waals surface area contributed by atoms with Crippen LogP contribution >= 0.6 is 0 Å². The summed E-state index contributed by atoms with van der Waals surface area (Å²) in [6, 6.07) is 9.83. The van der Waals surface area contributed by atoms with E-state index in [9.17, 15) is 0 Å². The first-order valence-corrected chi connectivity index (χ1v) is 7.11. The monoisotopic (exact) mass is 297 g/mol. The number of aromatic nitrogens is 4. The molecule has 2 aromatic heterocycles. The number of benzene rings is 1. The lowest BCUT2D eigenvalue weighted by molar-refractivity contribution is 0.756. The Balaban J connectivity index is 1.80. The van der Waals surface area contributed by atoms with Gasteiger partial charge in [0, 0.05) is 26.7 Å². The summed E-state index contributed by atoms with van der Waals surface area (Å²) in [5.74, 6) is 1.28. The third-order valence-electron chi connectivity index (χ3n) is 3.54. The molecule has 3 rings (SSSR count). The molecule has 4 N–H and O–H groups in total. The summed E-state index contributed by atoms with van der Waals surface area (Å²) in [6.45, 7) is 0.552. The van der Waals surface area contributed by atoms with Crippen molar-refractivity contribution in [2.75, 3.05) is 24.2 Å². The molecule has 0 aliphatic rings. The molecule has 7 heteroatoms. The van der Waals surface area contributed by atoms with Gasteiger partial charge in [0.1, 0.15) is 5.82 Å². The van der Waals surface area contributed by atoms with Crippen LogP contribution in [0.15, 0.2) is 36.5 Å². The van der Waals surface area contributed by atoms with Crippen LogP contribution in [0, 0.1) is 0 Å². The number of aryl methyl sites for hydroxylation is 1. The van der Waals surface area contributed by atoms with Crippen LogP contribution < -0.4 is 16.4 Å². The van der Waals surface area contributed by atoms with Crippen molar-refractivity contribution < 1.29 is 0 Å². The van der Waals surface area contributed by atoms with E-state index in [0.29, 0.717) is 12.5 Å². The predicted octanol–water partition coefficient (Wildman–Crippen LogP) is 1.52. The Morgan fingerprint density at radius 2 is 2.00 bits per heavy atom. The van der Waals surface area contributed by atoms with Crippen LogP contribution in [0.5, 0.6) is 0 Å². The second-order valence-electron chi connectivity index (χ2n) is 5.05. The van der Waals surface area contributed by atoms with Crippen LogP contribution in [-0.4, -0.2) is 33.3 Å². The number of anilines is 2.